The van der Waals surface area contributed by atoms with E-state index in [9.17, 15) is 4.79 Å². The lowest BCUT2D eigenvalue weighted by Crippen LogP contribution is -2.31. The highest BCUT2D eigenvalue weighted by Gasteiger charge is 2.29. The number of thiocarbonyl (C=S) groups is 1. The Morgan fingerprint density at radius 2 is 1.95 bits per heavy atom. The number of nitrogens with zero attached hydrogens (tertiary/aromatic N) is 1. The van der Waals surface area contributed by atoms with Crippen LogP contribution in [0.25, 0.3) is 6.08 Å². The smallest absolute Gasteiger partial charge is 0.276 e. The summed E-state index contributed by atoms with van der Waals surface area (Å²) in [6, 6.07) is 3.36. The minimum absolute atomic E-state index is 0.155. The zero-order valence-electron chi connectivity index (χ0n) is 12.6. The Balaban J connectivity index is 2.37. The van der Waals surface area contributed by atoms with Crippen LogP contribution in [0.2, 0.25) is 5.02 Å². The maximum atomic E-state index is 12.3. The zero-order chi connectivity index (χ0) is 16.3. The molecule has 5 nitrogen and oxygen atoms in total. The monoisotopic (exact) mass is 340 g/mol. The van der Waals surface area contributed by atoms with Crippen molar-refractivity contribution < 1.29 is 14.3 Å². The minimum Gasteiger partial charge on any atom is -0.493 e. The van der Waals surface area contributed by atoms with E-state index in [2.05, 4.69) is 5.32 Å². The Hall–Kier alpha value is -1.79. The van der Waals surface area contributed by atoms with E-state index in [1.54, 1.807) is 25.3 Å². The molecule has 22 heavy (non-hydrogen) atoms. The second-order valence-corrected chi connectivity index (χ2v) is 5.47. The summed E-state index contributed by atoms with van der Waals surface area (Å²) >= 11 is 11.4. The number of rotatable bonds is 5. The van der Waals surface area contributed by atoms with Gasteiger partial charge in [0.25, 0.3) is 5.91 Å². The fourth-order valence-electron chi connectivity index (χ4n) is 2.13. The van der Waals surface area contributed by atoms with Gasteiger partial charge < -0.3 is 14.8 Å². The third-order valence-electron chi connectivity index (χ3n) is 3.21. The van der Waals surface area contributed by atoms with Crippen LogP contribution in [-0.4, -0.2) is 36.7 Å². The molecule has 0 aromatic heterocycles. The van der Waals surface area contributed by atoms with Crippen molar-refractivity contribution in [2.45, 2.75) is 13.3 Å². The first-order valence-corrected chi connectivity index (χ1v) is 7.56. The lowest BCUT2D eigenvalue weighted by Gasteiger charge is -2.11. The van der Waals surface area contributed by atoms with Gasteiger partial charge in [-0.3, -0.25) is 9.69 Å². The molecule has 1 amide bonds. The van der Waals surface area contributed by atoms with E-state index < -0.39 is 0 Å². The molecule has 1 aliphatic heterocycles. The van der Waals surface area contributed by atoms with Crippen molar-refractivity contribution in [1.82, 2.24) is 10.2 Å². The molecular formula is C15H17ClN2O3S. The number of ether oxygens (including phenoxy) is 2. The van der Waals surface area contributed by atoms with Gasteiger partial charge in [-0.2, -0.15) is 0 Å². The number of carbonyl (C=O) groups excluding carboxylic acids is 1. The molecular weight excluding hydrogens is 324 g/mol. The summed E-state index contributed by atoms with van der Waals surface area (Å²) in [6.45, 7) is 2.57. The predicted octanol–water partition coefficient (Wildman–Crippen LogP) is 2.82. The number of benzene rings is 1. The van der Waals surface area contributed by atoms with Gasteiger partial charge in [0.2, 0.25) is 0 Å². The van der Waals surface area contributed by atoms with Gasteiger partial charge in [0.1, 0.15) is 5.70 Å². The van der Waals surface area contributed by atoms with Crippen LogP contribution in [0.15, 0.2) is 17.8 Å². The van der Waals surface area contributed by atoms with E-state index in [-0.39, 0.29) is 5.91 Å². The molecule has 1 aromatic rings. The first-order chi connectivity index (χ1) is 10.5. The van der Waals surface area contributed by atoms with Gasteiger partial charge in [-0.25, -0.2) is 0 Å². The highest BCUT2D eigenvalue weighted by molar-refractivity contribution is 7.80. The summed E-state index contributed by atoms with van der Waals surface area (Å²) in [5, 5.41) is 3.79. The highest BCUT2D eigenvalue weighted by Crippen LogP contribution is 2.34. The quantitative estimate of drug-likeness (QED) is 0.660. The fraction of sp³-hybridized carbons (Fsp3) is 0.333. The maximum absolute atomic E-state index is 12.3. The molecule has 2 rings (SSSR count). The van der Waals surface area contributed by atoms with E-state index in [1.165, 1.54) is 12.0 Å². The molecule has 0 saturated carbocycles. The van der Waals surface area contributed by atoms with Crippen molar-refractivity contribution in [3.05, 3.63) is 28.4 Å². The van der Waals surface area contributed by atoms with E-state index >= 15 is 0 Å². The molecule has 1 aromatic carbocycles. The Labute approximate surface area is 139 Å². The Kier molecular flexibility index (Phi) is 5.26. The standard InChI is InChI=1S/C15H17ClN2O3S/c1-4-5-18-14(19)11(17-15(18)22)6-9-7-12(20-2)13(21-3)8-10(9)16/h6-8H,4-5H2,1-3H3,(H,17,22)/b11-6-. The number of methoxy groups -OCH3 is 2. The van der Waals surface area contributed by atoms with Crippen LogP contribution in [0.4, 0.5) is 0 Å². The maximum Gasteiger partial charge on any atom is 0.276 e. The molecule has 0 radical (unpaired) electrons. The van der Waals surface area contributed by atoms with Crippen LogP contribution in [0.1, 0.15) is 18.9 Å². The summed E-state index contributed by atoms with van der Waals surface area (Å²) < 4.78 is 10.4. The van der Waals surface area contributed by atoms with E-state index in [1.807, 2.05) is 6.92 Å². The van der Waals surface area contributed by atoms with Crippen molar-refractivity contribution in [3.8, 4) is 11.5 Å². The molecule has 0 bridgehead atoms. The van der Waals surface area contributed by atoms with Gasteiger partial charge in [-0.05, 0) is 36.3 Å². The van der Waals surface area contributed by atoms with Crippen molar-refractivity contribution in [3.63, 3.8) is 0 Å². The van der Waals surface area contributed by atoms with Gasteiger partial charge in [-0.1, -0.05) is 18.5 Å². The molecule has 7 heteroatoms. The number of carbonyl (C=O) groups is 1. The van der Waals surface area contributed by atoms with Gasteiger partial charge in [-0.15, -0.1) is 0 Å². The average Bonchev–Trinajstić information content (AvgIpc) is 2.76. The van der Waals surface area contributed by atoms with Crippen molar-refractivity contribution in [1.29, 1.82) is 0 Å². The van der Waals surface area contributed by atoms with Gasteiger partial charge in [0, 0.05) is 12.6 Å². The lowest BCUT2D eigenvalue weighted by molar-refractivity contribution is -0.122. The van der Waals surface area contributed by atoms with Gasteiger partial charge >= 0.3 is 0 Å². The predicted molar refractivity (Wildman–Crippen MR) is 90.3 cm³/mol. The van der Waals surface area contributed by atoms with Crippen molar-refractivity contribution >= 4 is 40.9 Å². The Morgan fingerprint density at radius 1 is 1.32 bits per heavy atom. The summed E-state index contributed by atoms with van der Waals surface area (Å²) in [5.41, 5.74) is 1.05. The largest absolute Gasteiger partial charge is 0.493 e. The molecule has 1 fully saturated rings. The third-order valence-corrected chi connectivity index (χ3v) is 3.86. The highest BCUT2D eigenvalue weighted by atomic mass is 35.5. The minimum atomic E-state index is -0.155. The summed E-state index contributed by atoms with van der Waals surface area (Å²) in [7, 11) is 3.08. The van der Waals surface area contributed by atoms with E-state index in [0.717, 1.165) is 6.42 Å². The van der Waals surface area contributed by atoms with Crippen LogP contribution in [-0.2, 0) is 4.79 Å². The number of hydrogen-bond acceptors (Lipinski definition) is 4. The zero-order valence-corrected chi connectivity index (χ0v) is 14.2. The van der Waals surface area contributed by atoms with Crippen LogP contribution < -0.4 is 14.8 Å². The molecule has 0 aliphatic carbocycles. The van der Waals surface area contributed by atoms with Gasteiger partial charge in [0.05, 0.1) is 19.2 Å². The molecule has 1 N–H and O–H groups in total. The topological polar surface area (TPSA) is 50.8 Å². The Morgan fingerprint density at radius 3 is 2.55 bits per heavy atom. The van der Waals surface area contributed by atoms with Crippen molar-refractivity contribution in [2.24, 2.45) is 0 Å². The third kappa shape index (κ3) is 3.18. The number of halogens is 1. The summed E-state index contributed by atoms with van der Waals surface area (Å²) in [6.07, 6.45) is 2.49. The summed E-state index contributed by atoms with van der Waals surface area (Å²) in [4.78, 5) is 13.8. The second-order valence-electron chi connectivity index (χ2n) is 4.67. The second kappa shape index (κ2) is 6.98. The molecule has 0 spiro atoms. The summed E-state index contributed by atoms with van der Waals surface area (Å²) in [5.74, 6) is 0.915. The number of nitrogens with one attached hydrogen (secondary N) is 1. The SMILES string of the molecule is CCCN1C(=O)/C(=C/c2cc(OC)c(OC)cc2Cl)NC1=S. The molecule has 1 aliphatic rings. The first kappa shape index (κ1) is 16.6. The van der Waals surface area contributed by atoms with Crippen LogP contribution in [0.3, 0.4) is 0 Å². The molecule has 0 atom stereocenters. The molecule has 1 saturated heterocycles. The van der Waals surface area contributed by atoms with Gasteiger partial charge in [0.15, 0.2) is 16.6 Å². The average molecular weight is 341 g/mol. The molecule has 1 heterocycles. The number of amides is 1. The fourth-order valence-corrected chi connectivity index (χ4v) is 2.63. The van der Waals surface area contributed by atoms with Crippen molar-refractivity contribution in [2.75, 3.05) is 20.8 Å². The molecule has 0 unspecified atom stereocenters. The van der Waals surface area contributed by atoms with E-state index in [0.29, 0.717) is 39.4 Å². The first-order valence-electron chi connectivity index (χ1n) is 6.77. The van der Waals surface area contributed by atoms with Crippen LogP contribution in [0.5, 0.6) is 11.5 Å². The normalized spacial score (nSPS) is 16.2. The Bertz CT molecular complexity index is 646. The van der Waals surface area contributed by atoms with E-state index in [4.69, 9.17) is 33.3 Å². The van der Waals surface area contributed by atoms with Crippen LogP contribution >= 0.6 is 23.8 Å². The molecule has 118 valence electrons. The lowest BCUT2D eigenvalue weighted by atomic mass is 10.1. The van der Waals surface area contributed by atoms with Crippen LogP contribution in [0, 0.1) is 0 Å². The number of hydrogen-bond donors (Lipinski definition) is 1.